The van der Waals surface area contributed by atoms with Crippen LogP contribution < -0.4 is 5.32 Å². The van der Waals surface area contributed by atoms with Gasteiger partial charge in [-0.05, 0) is 38.3 Å². The van der Waals surface area contributed by atoms with E-state index >= 15 is 0 Å². The number of hydrogen-bond acceptors (Lipinski definition) is 4. The van der Waals surface area contributed by atoms with Crippen LogP contribution in [0.25, 0.3) is 0 Å². The number of piperidine rings is 1. The lowest BCUT2D eigenvalue weighted by molar-refractivity contribution is 0.203. The van der Waals surface area contributed by atoms with Gasteiger partial charge in [-0.15, -0.1) is 10.2 Å². The highest BCUT2D eigenvalue weighted by atomic mass is 15.3. The highest BCUT2D eigenvalue weighted by molar-refractivity contribution is 5.06. The molecule has 1 saturated heterocycles. The number of hydrogen-bond donors (Lipinski definition) is 1. The molecule has 0 amide bonds. The lowest BCUT2D eigenvalue weighted by Crippen LogP contribution is -2.37. The van der Waals surface area contributed by atoms with Gasteiger partial charge in [0.2, 0.25) is 0 Å². The SMILES string of the molecule is CC(C)CCN1CCn2c(nnc2C2CCCNC2)C1. The van der Waals surface area contributed by atoms with Crippen LogP contribution in [-0.4, -0.2) is 45.8 Å². The summed E-state index contributed by atoms with van der Waals surface area (Å²) in [6, 6.07) is 0. The molecule has 0 spiro atoms. The maximum absolute atomic E-state index is 4.50. The Bertz CT molecular complexity index is 433. The average Bonchev–Trinajstić information content (AvgIpc) is 2.89. The molecule has 0 bridgehead atoms. The third kappa shape index (κ3) is 3.04. The Balaban J connectivity index is 1.65. The fourth-order valence-corrected chi connectivity index (χ4v) is 3.24. The van der Waals surface area contributed by atoms with Crippen molar-refractivity contribution < 1.29 is 0 Å². The molecular weight excluding hydrogens is 250 g/mol. The summed E-state index contributed by atoms with van der Waals surface area (Å²) in [7, 11) is 0. The zero-order valence-electron chi connectivity index (χ0n) is 12.8. The molecule has 3 rings (SSSR count). The van der Waals surface area contributed by atoms with Crippen molar-refractivity contribution >= 4 is 0 Å². The van der Waals surface area contributed by atoms with E-state index in [2.05, 4.69) is 38.8 Å². The fraction of sp³-hybridized carbons (Fsp3) is 0.867. The van der Waals surface area contributed by atoms with Crippen molar-refractivity contribution in [2.24, 2.45) is 5.92 Å². The topological polar surface area (TPSA) is 46.0 Å². The number of rotatable bonds is 4. The summed E-state index contributed by atoms with van der Waals surface area (Å²) in [5, 5.41) is 12.4. The van der Waals surface area contributed by atoms with Gasteiger partial charge in [0.25, 0.3) is 0 Å². The molecule has 1 fully saturated rings. The van der Waals surface area contributed by atoms with Crippen molar-refractivity contribution in [2.45, 2.75) is 52.1 Å². The van der Waals surface area contributed by atoms with Crippen LogP contribution >= 0.6 is 0 Å². The van der Waals surface area contributed by atoms with Gasteiger partial charge in [-0.2, -0.15) is 0 Å². The van der Waals surface area contributed by atoms with Crippen molar-refractivity contribution in [3.8, 4) is 0 Å². The van der Waals surface area contributed by atoms with E-state index in [4.69, 9.17) is 0 Å². The van der Waals surface area contributed by atoms with Gasteiger partial charge in [0.15, 0.2) is 0 Å². The molecule has 20 heavy (non-hydrogen) atoms. The molecule has 0 aromatic carbocycles. The quantitative estimate of drug-likeness (QED) is 0.908. The molecule has 1 N–H and O–H groups in total. The van der Waals surface area contributed by atoms with E-state index in [1.165, 1.54) is 37.5 Å². The highest BCUT2D eigenvalue weighted by Gasteiger charge is 2.26. The smallest absolute Gasteiger partial charge is 0.147 e. The maximum atomic E-state index is 4.50. The zero-order chi connectivity index (χ0) is 13.9. The molecular formula is C15H27N5. The van der Waals surface area contributed by atoms with Crippen LogP contribution in [0.5, 0.6) is 0 Å². The predicted octanol–water partition coefficient (Wildman–Crippen LogP) is 1.61. The van der Waals surface area contributed by atoms with E-state index in [-0.39, 0.29) is 0 Å². The summed E-state index contributed by atoms with van der Waals surface area (Å²) in [5.41, 5.74) is 0. The minimum atomic E-state index is 0.562. The van der Waals surface area contributed by atoms with E-state index in [9.17, 15) is 0 Å². The number of nitrogens with one attached hydrogen (secondary N) is 1. The number of nitrogens with zero attached hydrogens (tertiary/aromatic N) is 4. The van der Waals surface area contributed by atoms with Crippen LogP contribution in [0.4, 0.5) is 0 Å². The molecule has 1 unspecified atom stereocenters. The Morgan fingerprint density at radius 3 is 2.95 bits per heavy atom. The molecule has 5 nitrogen and oxygen atoms in total. The second-order valence-electron chi connectivity index (χ2n) is 6.63. The molecule has 5 heteroatoms. The summed E-state index contributed by atoms with van der Waals surface area (Å²) in [6.45, 7) is 11.2. The molecule has 2 aliphatic heterocycles. The second-order valence-corrected chi connectivity index (χ2v) is 6.63. The van der Waals surface area contributed by atoms with Gasteiger partial charge in [0, 0.05) is 25.6 Å². The Labute approximate surface area is 121 Å². The zero-order valence-corrected chi connectivity index (χ0v) is 12.8. The van der Waals surface area contributed by atoms with Crippen molar-refractivity contribution in [1.82, 2.24) is 25.0 Å². The molecule has 0 radical (unpaired) electrons. The van der Waals surface area contributed by atoms with Crippen LogP contribution in [0.3, 0.4) is 0 Å². The van der Waals surface area contributed by atoms with Gasteiger partial charge >= 0.3 is 0 Å². The van der Waals surface area contributed by atoms with Gasteiger partial charge in [-0.1, -0.05) is 13.8 Å². The van der Waals surface area contributed by atoms with E-state index in [0.29, 0.717) is 5.92 Å². The van der Waals surface area contributed by atoms with Gasteiger partial charge in [0.05, 0.1) is 6.54 Å². The Hall–Kier alpha value is -0.940. The maximum Gasteiger partial charge on any atom is 0.147 e. The second kappa shape index (κ2) is 6.22. The Morgan fingerprint density at radius 1 is 1.30 bits per heavy atom. The van der Waals surface area contributed by atoms with Crippen molar-refractivity contribution in [3.05, 3.63) is 11.6 Å². The van der Waals surface area contributed by atoms with Crippen LogP contribution in [-0.2, 0) is 13.1 Å². The van der Waals surface area contributed by atoms with Gasteiger partial charge in [-0.3, -0.25) is 4.90 Å². The third-order valence-corrected chi connectivity index (χ3v) is 4.55. The van der Waals surface area contributed by atoms with Gasteiger partial charge in [0.1, 0.15) is 11.6 Å². The predicted molar refractivity (Wildman–Crippen MR) is 79.6 cm³/mol. The third-order valence-electron chi connectivity index (χ3n) is 4.55. The van der Waals surface area contributed by atoms with Crippen LogP contribution in [0.15, 0.2) is 0 Å². The van der Waals surface area contributed by atoms with E-state index in [1.807, 2.05) is 0 Å². The fourth-order valence-electron chi connectivity index (χ4n) is 3.24. The molecule has 1 aromatic heterocycles. The van der Waals surface area contributed by atoms with E-state index < -0.39 is 0 Å². The summed E-state index contributed by atoms with van der Waals surface area (Å²) in [6.07, 6.45) is 3.78. The molecule has 112 valence electrons. The minimum Gasteiger partial charge on any atom is -0.316 e. The van der Waals surface area contributed by atoms with Crippen molar-refractivity contribution in [1.29, 1.82) is 0 Å². The normalized spacial score (nSPS) is 24.1. The first-order chi connectivity index (χ1) is 9.74. The highest BCUT2D eigenvalue weighted by Crippen LogP contribution is 2.24. The average molecular weight is 277 g/mol. The first kappa shape index (κ1) is 14.0. The summed E-state index contributed by atoms with van der Waals surface area (Å²) < 4.78 is 2.38. The number of fused-ring (bicyclic) bond motifs is 1. The standard InChI is InChI=1S/C15H27N5/c1-12(2)5-7-19-8-9-20-14(11-19)17-18-15(20)13-4-3-6-16-10-13/h12-13,16H,3-11H2,1-2H3. The van der Waals surface area contributed by atoms with E-state index in [1.54, 1.807) is 0 Å². The summed E-state index contributed by atoms with van der Waals surface area (Å²) in [4.78, 5) is 2.52. The first-order valence-corrected chi connectivity index (χ1v) is 8.09. The van der Waals surface area contributed by atoms with Crippen LogP contribution in [0, 0.1) is 5.92 Å². The summed E-state index contributed by atoms with van der Waals surface area (Å²) >= 11 is 0. The molecule has 0 aliphatic carbocycles. The minimum absolute atomic E-state index is 0.562. The Kier molecular flexibility index (Phi) is 4.36. The molecule has 2 aliphatic rings. The van der Waals surface area contributed by atoms with Crippen LogP contribution in [0.2, 0.25) is 0 Å². The monoisotopic (exact) mass is 277 g/mol. The molecule has 1 atom stereocenters. The lowest BCUT2D eigenvalue weighted by atomic mass is 9.99. The lowest BCUT2D eigenvalue weighted by Gasteiger charge is -2.30. The van der Waals surface area contributed by atoms with Crippen LogP contribution in [0.1, 0.15) is 50.7 Å². The van der Waals surface area contributed by atoms with Gasteiger partial charge < -0.3 is 9.88 Å². The van der Waals surface area contributed by atoms with E-state index in [0.717, 1.165) is 38.6 Å². The molecule has 3 heterocycles. The molecule has 1 aromatic rings. The van der Waals surface area contributed by atoms with Crippen molar-refractivity contribution in [3.63, 3.8) is 0 Å². The summed E-state index contributed by atoms with van der Waals surface area (Å²) in [5.74, 6) is 3.72. The first-order valence-electron chi connectivity index (χ1n) is 8.09. The molecule has 0 saturated carbocycles. The Morgan fingerprint density at radius 2 is 2.20 bits per heavy atom. The van der Waals surface area contributed by atoms with Crippen molar-refractivity contribution in [2.75, 3.05) is 26.2 Å². The largest absolute Gasteiger partial charge is 0.316 e. The van der Waals surface area contributed by atoms with Gasteiger partial charge in [-0.25, -0.2) is 0 Å². The number of aromatic nitrogens is 3.